The number of hydrogen-bond acceptors (Lipinski definition) is 3. The Morgan fingerprint density at radius 3 is 2.58 bits per heavy atom. The van der Waals surface area contributed by atoms with Crippen molar-refractivity contribution in [2.45, 2.75) is 52.6 Å². The van der Waals surface area contributed by atoms with E-state index in [0.717, 1.165) is 37.5 Å². The standard InChI is InChI=1S/C16H32N2O/c1-12(2)15-10-18(16(8-17-15)13(3)4)9-14-6-5-7-19-11-14/h12-17H,5-11H2,1-4H3. The smallest absolute Gasteiger partial charge is 0.0506 e. The van der Waals surface area contributed by atoms with Crippen molar-refractivity contribution in [3.05, 3.63) is 0 Å². The maximum atomic E-state index is 5.65. The molecular formula is C16H32N2O. The Balaban J connectivity index is 1.94. The number of nitrogens with zero attached hydrogens (tertiary/aromatic N) is 1. The monoisotopic (exact) mass is 268 g/mol. The topological polar surface area (TPSA) is 24.5 Å². The second kappa shape index (κ2) is 7.05. The molecule has 0 aromatic rings. The number of piperazine rings is 1. The largest absolute Gasteiger partial charge is 0.381 e. The Morgan fingerprint density at radius 2 is 2.00 bits per heavy atom. The molecule has 0 aromatic heterocycles. The highest BCUT2D eigenvalue weighted by Gasteiger charge is 2.32. The van der Waals surface area contributed by atoms with Crippen molar-refractivity contribution in [2.75, 3.05) is 32.8 Å². The summed E-state index contributed by atoms with van der Waals surface area (Å²) in [5.41, 5.74) is 0. The molecule has 0 bridgehead atoms. The minimum atomic E-state index is 0.652. The zero-order valence-corrected chi connectivity index (χ0v) is 13.2. The van der Waals surface area contributed by atoms with E-state index in [1.165, 1.54) is 25.9 Å². The lowest BCUT2D eigenvalue weighted by Gasteiger charge is -2.45. The summed E-state index contributed by atoms with van der Waals surface area (Å²) in [6, 6.07) is 1.34. The van der Waals surface area contributed by atoms with Gasteiger partial charge in [0, 0.05) is 38.3 Å². The molecule has 0 saturated carbocycles. The molecule has 2 rings (SSSR count). The summed E-state index contributed by atoms with van der Waals surface area (Å²) in [7, 11) is 0. The molecule has 3 unspecified atom stereocenters. The SMILES string of the molecule is CC(C)C1CN(CC2CCCOC2)C(C(C)C)CN1. The van der Waals surface area contributed by atoms with Gasteiger partial charge in [-0.25, -0.2) is 0 Å². The first-order chi connectivity index (χ1) is 9.08. The lowest BCUT2D eigenvalue weighted by molar-refractivity contribution is 0.0110. The lowest BCUT2D eigenvalue weighted by Crippen LogP contribution is -2.60. The van der Waals surface area contributed by atoms with Crippen LogP contribution in [0.4, 0.5) is 0 Å². The molecular weight excluding hydrogens is 236 g/mol. The molecule has 1 N–H and O–H groups in total. The van der Waals surface area contributed by atoms with Crippen molar-refractivity contribution < 1.29 is 4.74 Å². The quantitative estimate of drug-likeness (QED) is 0.847. The molecule has 2 saturated heterocycles. The van der Waals surface area contributed by atoms with Gasteiger partial charge < -0.3 is 10.1 Å². The van der Waals surface area contributed by atoms with Crippen LogP contribution in [0.25, 0.3) is 0 Å². The third-order valence-corrected chi connectivity index (χ3v) is 4.81. The molecule has 112 valence electrons. The second-order valence-electron chi connectivity index (χ2n) is 7.11. The van der Waals surface area contributed by atoms with Crippen LogP contribution in [0.3, 0.4) is 0 Å². The highest BCUT2D eigenvalue weighted by atomic mass is 16.5. The summed E-state index contributed by atoms with van der Waals surface area (Å²) < 4.78 is 5.65. The molecule has 19 heavy (non-hydrogen) atoms. The summed E-state index contributed by atoms with van der Waals surface area (Å²) >= 11 is 0. The highest BCUT2D eigenvalue weighted by molar-refractivity contribution is 4.90. The first-order valence-electron chi connectivity index (χ1n) is 8.13. The van der Waals surface area contributed by atoms with E-state index in [-0.39, 0.29) is 0 Å². The molecule has 2 aliphatic rings. The molecule has 0 amide bonds. The van der Waals surface area contributed by atoms with E-state index in [0.29, 0.717) is 12.1 Å². The average molecular weight is 268 g/mol. The average Bonchev–Trinajstić information content (AvgIpc) is 2.39. The van der Waals surface area contributed by atoms with Crippen molar-refractivity contribution in [1.29, 1.82) is 0 Å². The van der Waals surface area contributed by atoms with Gasteiger partial charge in [0.15, 0.2) is 0 Å². The van der Waals surface area contributed by atoms with Gasteiger partial charge in [0.25, 0.3) is 0 Å². The van der Waals surface area contributed by atoms with Crippen LogP contribution < -0.4 is 5.32 Å². The first kappa shape index (κ1) is 15.3. The Hall–Kier alpha value is -0.120. The minimum absolute atomic E-state index is 0.652. The maximum absolute atomic E-state index is 5.65. The predicted octanol–water partition coefficient (Wildman–Crippen LogP) is 2.37. The van der Waals surface area contributed by atoms with Crippen LogP contribution >= 0.6 is 0 Å². The first-order valence-corrected chi connectivity index (χ1v) is 8.13. The zero-order valence-electron chi connectivity index (χ0n) is 13.2. The lowest BCUT2D eigenvalue weighted by atomic mass is 9.92. The van der Waals surface area contributed by atoms with Crippen LogP contribution in [-0.4, -0.2) is 49.8 Å². The molecule has 0 radical (unpaired) electrons. The van der Waals surface area contributed by atoms with E-state index >= 15 is 0 Å². The normalized spacial score (nSPS) is 34.1. The number of hydrogen-bond donors (Lipinski definition) is 1. The van der Waals surface area contributed by atoms with Crippen LogP contribution in [0.2, 0.25) is 0 Å². The number of nitrogens with one attached hydrogen (secondary N) is 1. The van der Waals surface area contributed by atoms with Crippen LogP contribution in [0.5, 0.6) is 0 Å². The Labute approximate surface area is 119 Å². The molecule has 2 heterocycles. The highest BCUT2D eigenvalue weighted by Crippen LogP contribution is 2.22. The van der Waals surface area contributed by atoms with E-state index < -0.39 is 0 Å². The molecule has 0 aliphatic carbocycles. The zero-order chi connectivity index (χ0) is 13.8. The van der Waals surface area contributed by atoms with Gasteiger partial charge in [0.05, 0.1) is 6.61 Å². The Bertz CT molecular complexity index is 261. The van der Waals surface area contributed by atoms with E-state index in [1.807, 2.05) is 0 Å². The van der Waals surface area contributed by atoms with Gasteiger partial charge >= 0.3 is 0 Å². The minimum Gasteiger partial charge on any atom is -0.381 e. The molecule has 3 atom stereocenters. The molecule has 3 nitrogen and oxygen atoms in total. The van der Waals surface area contributed by atoms with E-state index in [1.54, 1.807) is 0 Å². The van der Waals surface area contributed by atoms with Crippen molar-refractivity contribution in [3.63, 3.8) is 0 Å². The van der Waals surface area contributed by atoms with Crippen molar-refractivity contribution >= 4 is 0 Å². The fourth-order valence-corrected chi connectivity index (χ4v) is 3.45. The van der Waals surface area contributed by atoms with Gasteiger partial charge in [-0.1, -0.05) is 27.7 Å². The number of ether oxygens (including phenoxy) is 1. The summed E-state index contributed by atoms with van der Waals surface area (Å²) in [6.07, 6.45) is 2.60. The van der Waals surface area contributed by atoms with Crippen LogP contribution in [0.15, 0.2) is 0 Å². The van der Waals surface area contributed by atoms with Gasteiger partial charge in [-0.15, -0.1) is 0 Å². The van der Waals surface area contributed by atoms with Crippen LogP contribution in [-0.2, 0) is 4.74 Å². The van der Waals surface area contributed by atoms with Crippen molar-refractivity contribution in [2.24, 2.45) is 17.8 Å². The summed E-state index contributed by atoms with van der Waals surface area (Å²) in [5.74, 6) is 2.20. The van der Waals surface area contributed by atoms with Crippen LogP contribution in [0, 0.1) is 17.8 Å². The summed E-state index contributed by atoms with van der Waals surface area (Å²) in [4.78, 5) is 2.74. The van der Waals surface area contributed by atoms with Gasteiger partial charge in [-0.3, -0.25) is 4.90 Å². The second-order valence-corrected chi connectivity index (χ2v) is 7.11. The van der Waals surface area contributed by atoms with Crippen molar-refractivity contribution in [1.82, 2.24) is 10.2 Å². The van der Waals surface area contributed by atoms with Gasteiger partial charge in [-0.05, 0) is 30.6 Å². The van der Waals surface area contributed by atoms with Gasteiger partial charge in [0.1, 0.15) is 0 Å². The molecule has 2 aliphatic heterocycles. The molecule has 0 spiro atoms. The fraction of sp³-hybridized carbons (Fsp3) is 1.00. The third kappa shape index (κ3) is 4.17. The molecule has 3 heteroatoms. The predicted molar refractivity (Wildman–Crippen MR) is 80.4 cm³/mol. The molecule has 2 fully saturated rings. The molecule has 0 aromatic carbocycles. The summed E-state index contributed by atoms with van der Waals surface area (Å²) in [6.45, 7) is 14.9. The summed E-state index contributed by atoms with van der Waals surface area (Å²) in [5, 5.41) is 3.74. The van der Waals surface area contributed by atoms with Crippen molar-refractivity contribution in [3.8, 4) is 0 Å². The van der Waals surface area contributed by atoms with E-state index in [4.69, 9.17) is 4.74 Å². The Morgan fingerprint density at radius 1 is 1.21 bits per heavy atom. The fourth-order valence-electron chi connectivity index (χ4n) is 3.45. The maximum Gasteiger partial charge on any atom is 0.0506 e. The van der Waals surface area contributed by atoms with E-state index in [2.05, 4.69) is 37.9 Å². The third-order valence-electron chi connectivity index (χ3n) is 4.81. The number of rotatable bonds is 4. The van der Waals surface area contributed by atoms with Gasteiger partial charge in [-0.2, -0.15) is 0 Å². The van der Waals surface area contributed by atoms with Gasteiger partial charge in [0.2, 0.25) is 0 Å². The Kier molecular flexibility index (Phi) is 5.67. The van der Waals surface area contributed by atoms with Crippen LogP contribution in [0.1, 0.15) is 40.5 Å². The van der Waals surface area contributed by atoms with E-state index in [9.17, 15) is 0 Å².